The van der Waals surface area contributed by atoms with E-state index >= 15 is 0 Å². The highest BCUT2D eigenvalue weighted by Crippen LogP contribution is 2.06. The van der Waals surface area contributed by atoms with Gasteiger partial charge in [-0.15, -0.1) is 0 Å². The van der Waals surface area contributed by atoms with Crippen LogP contribution in [0.1, 0.15) is 6.92 Å². The quantitative estimate of drug-likeness (QED) is 0.556. The predicted molar refractivity (Wildman–Crippen MR) is 47.6 cm³/mol. The second-order valence-electron chi connectivity index (χ2n) is 2.60. The second-order valence-corrected chi connectivity index (χ2v) is 2.60. The summed E-state index contributed by atoms with van der Waals surface area (Å²) in [5, 5.41) is 2.50. The monoisotopic (exact) mass is 180 g/mol. The molecule has 0 saturated heterocycles. The van der Waals surface area contributed by atoms with Gasteiger partial charge in [-0.1, -0.05) is 6.58 Å². The topological polar surface area (TPSA) is 42.0 Å². The molecule has 0 radical (unpaired) electrons. The Hall–Kier alpha value is -1.71. The fraction of sp³-hybridized carbons (Fsp3) is 0.111. The number of amides is 1. The molecule has 0 atom stereocenters. The van der Waals surface area contributed by atoms with Crippen LogP contribution in [0, 0.1) is 5.95 Å². The molecule has 0 spiro atoms. The molecule has 1 rings (SSSR count). The summed E-state index contributed by atoms with van der Waals surface area (Å²) in [6.45, 7) is 5.05. The molecule has 0 bridgehead atoms. The fourth-order valence-corrected chi connectivity index (χ4v) is 0.688. The lowest BCUT2D eigenvalue weighted by molar-refractivity contribution is -0.112. The molecule has 0 aliphatic carbocycles. The average Bonchev–Trinajstić information content (AvgIpc) is 2.08. The third kappa shape index (κ3) is 2.66. The summed E-state index contributed by atoms with van der Waals surface area (Å²) in [7, 11) is 0. The Morgan fingerprint density at radius 3 is 2.77 bits per heavy atom. The summed E-state index contributed by atoms with van der Waals surface area (Å²) in [5.74, 6) is -0.873. The molecule has 0 unspecified atom stereocenters. The largest absolute Gasteiger partial charge is 0.321 e. The average molecular weight is 180 g/mol. The van der Waals surface area contributed by atoms with Crippen LogP contribution in [-0.4, -0.2) is 10.9 Å². The number of halogens is 1. The molecule has 0 saturated carbocycles. The maximum atomic E-state index is 12.3. The van der Waals surface area contributed by atoms with Crippen LogP contribution >= 0.6 is 0 Å². The van der Waals surface area contributed by atoms with E-state index in [0.717, 1.165) is 0 Å². The first-order chi connectivity index (χ1) is 6.09. The van der Waals surface area contributed by atoms with Crippen LogP contribution < -0.4 is 5.32 Å². The number of carbonyl (C=O) groups excluding carboxylic acids is 1. The zero-order valence-electron chi connectivity index (χ0n) is 7.17. The smallest absolute Gasteiger partial charge is 0.250 e. The Kier molecular flexibility index (Phi) is 2.74. The second kappa shape index (κ2) is 3.80. The number of nitrogens with one attached hydrogen (secondary N) is 1. The van der Waals surface area contributed by atoms with Crippen molar-refractivity contribution in [1.82, 2.24) is 4.98 Å². The van der Waals surface area contributed by atoms with Gasteiger partial charge in [0.2, 0.25) is 5.95 Å². The lowest BCUT2D eigenvalue weighted by Crippen LogP contribution is -2.11. The lowest BCUT2D eigenvalue weighted by atomic mass is 10.3. The van der Waals surface area contributed by atoms with Gasteiger partial charge in [0, 0.05) is 5.57 Å². The fourth-order valence-electron chi connectivity index (χ4n) is 0.688. The molecule has 0 aliphatic heterocycles. The third-order valence-electron chi connectivity index (χ3n) is 1.37. The van der Waals surface area contributed by atoms with Gasteiger partial charge in [-0.05, 0) is 19.1 Å². The van der Waals surface area contributed by atoms with Gasteiger partial charge in [0.25, 0.3) is 5.91 Å². The molecule has 0 fully saturated rings. The van der Waals surface area contributed by atoms with Crippen molar-refractivity contribution in [1.29, 1.82) is 0 Å². The molecule has 1 aromatic rings. The first kappa shape index (κ1) is 9.38. The molecule has 0 aliphatic rings. The molecular weight excluding hydrogens is 171 g/mol. The summed E-state index contributed by atoms with van der Waals surface area (Å²) >= 11 is 0. The van der Waals surface area contributed by atoms with Crippen LogP contribution in [0.4, 0.5) is 10.1 Å². The Balaban J connectivity index is 2.70. The maximum Gasteiger partial charge on any atom is 0.250 e. The normalized spacial score (nSPS) is 9.38. The van der Waals surface area contributed by atoms with E-state index in [2.05, 4.69) is 16.9 Å². The summed E-state index contributed by atoms with van der Waals surface area (Å²) in [4.78, 5) is 14.4. The molecule has 13 heavy (non-hydrogen) atoms. The highest BCUT2D eigenvalue weighted by molar-refractivity contribution is 6.02. The van der Waals surface area contributed by atoms with E-state index in [4.69, 9.17) is 0 Å². The van der Waals surface area contributed by atoms with Crippen LogP contribution in [0.5, 0.6) is 0 Å². The maximum absolute atomic E-state index is 12.3. The van der Waals surface area contributed by atoms with Crippen molar-refractivity contribution in [3.8, 4) is 0 Å². The Labute approximate surface area is 75.3 Å². The lowest BCUT2D eigenvalue weighted by Gasteiger charge is -2.02. The van der Waals surface area contributed by atoms with Gasteiger partial charge in [-0.3, -0.25) is 4.79 Å². The molecule has 1 heterocycles. The van der Waals surface area contributed by atoms with Gasteiger partial charge in [-0.25, -0.2) is 4.98 Å². The number of rotatable bonds is 2. The van der Waals surface area contributed by atoms with Crippen LogP contribution in [-0.2, 0) is 4.79 Å². The Morgan fingerprint density at radius 1 is 1.62 bits per heavy atom. The number of carbonyl (C=O) groups is 1. The van der Waals surface area contributed by atoms with E-state index in [-0.39, 0.29) is 5.91 Å². The number of hydrogen-bond acceptors (Lipinski definition) is 2. The van der Waals surface area contributed by atoms with Crippen LogP contribution in [0.15, 0.2) is 30.5 Å². The number of aromatic nitrogens is 1. The van der Waals surface area contributed by atoms with Gasteiger partial charge in [0.05, 0.1) is 11.9 Å². The van der Waals surface area contributed by atoms with Crippen molar-refractivity contribution in [3.63, 3.8) is 0 Å². The molecule has 3 nitrogen and oxygen atoms in total. The zero-order chi connectivity index (χ0) is 9.84. The molecule has 1 aromatic heterocycles. The van der Waals surface area contributed by atoms with E-state index in [1.54, 1.807) is 6.92 Å². The molecule has 1 amide bonds. The van der Waals surface area contributed by atoms with Gasteiger partial charge in [0.1, 0.15) is 0 Å². The van der Waals surface area contributed by atoms with E-state index in [1.807, 2.05) is 0 Å². The molecular formula is C9H9FN2O. The summed E-state index contributed by atoms with van der Waals surface area (Å²) < 4.78 is 12.3. The van der Waals surface area contributed by atoms with Crippen LogP contribution in [0.2, 0.25) is 0 Å². The molecule has 1 N–H and O–H groups in total. The minimum absolute atomic E-state index is 0.298. The standard InChI is InChI=1S/C9H9FN2O/c1-6(2)9(13)12-7-3-4-8(10)11-5-7/h3-5H,1H2,2H3,(H,12,13). The van der Waals surface area contributed by atoms with Crippen molar-refractivity contribution in [3.05, 3.63) is 36.4 Å². The highest BCUT2D eigenvalue weighted by Gasteiger charge is 2.02. The van der Waals surface area contributed by atoms with E-state index in [9.17, 15) is 9.18 Å². The molecule has 68 valence electrons. The van der Waals surface area contributed by atoms with Crippen molar-refractivity contribution in [2.45, 2.75) is 6.92 Å². The minimum Gasteiger partial charge on any atom is -0.321 e. The highest BCUT2D eigenvalue weighted by atomic mass is 19.1. The van der Waals surface area contributed by atoms with Crippen molar-refractivity contribution >= 4 is 11.6 Å². The van der Waals surface area contributed by atoms with E-state index in [0.29, 0.717) is 11.3 Å². The minimum atomic E-state index is -0.576. The van der Waals surface area contributed by atoms with Crippen molar-refractivity contribution in [2.75, 3.05) is 5.32 Å². The third-order valence-corrected chi connectivity index (χ3v) is 1.37. The van der Waals surface area contributed by atoms with Gasteiger partial charge < -0.3 is 5.32 Å². The van der Waals surface area contributed by atoms with E-state index < -0.39 is 5.95 Å². The first-order valence-corrected chi connectivity index (χ1v) is 3.68. The van der Waals surface area contributed by atoms with Gasteiger partial charge in [-0.2, -0.15) is 4.39 Å². The van der Waals surface area contributed by atoms with E-state index in [1.165, 1.54) is 18.3 Å². The number of pyridine rings is 1. The van der Waals surface area contributed by atoms with Crippen LogP contribution in [0.25, 0.3) is 0 Å². The summed E-state index contributed by atoms with van der Waals surface area (Å²) in [6.07, 6.45) is 1.25. The van der Waals surface area contributed by atoms with Crippen LogP contribution in [0.3, 0.4) is 0 Å². The predicted octanol–water partition coefficient (Wildman–Crippen LogP) is 1.74. The van der Waals surface area contributed by atoms with Gasteiger partial charge in [0.15, 0.2) is 0 Å². The summed E-state index contributed by atoms with van der Waals surface area (Å²) in [6, 6.07) is 2.61. The number of anilines is 1. The summed E-state index contributed by atoms with van der Waals surface area (Å²) in [5.41, 5.74) is 0.846. The van der Waals surface area contributed by atoms with Crippen molar-refractivity contribution in [2.24, 2.45) is 0 Å². The zero-order valence-corrected chi connectivity index (χ0v) is 7.17. The first-order valence-electron chi connectivity index (χ1n) is 3.68. The van der Waals surface area contributed by atoms with Crippen molar-refractivity contribution < 1.29 is 9.18 Å². The Bertz CT molecular complexity index is 332. The Morgan fingerprint density at radius 2 is 2.31 bits per heavy atom. The molecule has 0 aromatic carbocycles. The number of nitrogens with zero attached hydrogens (tertiary/aromatic N) is 1. The van der Waals surface area contributed by atoms with Gasteiger partial charge >= 0.3 is 0 Å². The molecule has 4 heteroatoms. The number of hydrogen-bond donors (Lipinski definition) is 1. The SMILES string of the molecule is C=C(C)C(=O)Nc1ccc(F)nc1.